The first-order chi connectivity index (χ1) is 11.2. The number of alkyl halides is 1. The maximum Gasteiger partial charge on any atom is 0.407 e. The molecule has 2 amide bonds. The number of nitrogens with one attached hydrogen (secondary N) is 2. The molecule has 0 heterocycles. The SMILES string of the molecule is O=C(CCl)NCCCCCCCNC(=O)OCc1ccccc1. The molecule has 0 saturated carbocycles. The smallest absolute Gasteiger partial charge is 0.407 e. The molecule has 1 aromatic carbocycles. The van der Waals surface area contributed by atoms with Gasteiger partial charge in [-0.15, -0.1) is 11.6 Å². The predicted molar refractivity (Wildman–Crippen MR) is 91.4 cm³/mol. The molecule has 0 aliphatic carbocycles. The number of ether oxygens (including phenoxy) is 1. The molecule has 23 heavy (non-hydrogen) atoms. The molecule has 0 aromatic heterocycles. The van der Waals surface area contributed by atoms with Crippen LogP contribution in [0.5, 0.6) is 0 Å². The van der Waals surface area contributed by atoms with Crippen molar-refractivity contribution in [1.29, 1.82) is 0 Å². The van der Waals surface area contributed by atoms with Gasteiger partial charge in [-0.3, -0.25) is 4.79 Å². The van der Waals surface area contributed by atoms with Crippen LogP contribution in [0, 0.1) is 0 Å². The van der Waals surface area contributed by atoms with Crippen LogP contribution in [0.2, 0.25) is 0 Å². The van der Waals surface area contributed by atoms with E-state index < -0.39 is 0 Å². The van der Waals surface area contributed by atoms with Crippen LogP contribution in [0.15, 0.2) is 30.3 Å². The quantitative estimate of drug-likeness (QED) is 0.480. The summed E-state index contributed by atoms with van der Waals surface area (Å²) < 4.78 is 5.12. The van der Waals surface area contributed by atoms with Crippen LogP contribution in [0.4, 0.5) is 4.79 Å². The molecule has 0 bridgehead atoms. The van der Waals surface area contributed by atoms with E-state index in [0.29, 0.717) is 19.7 Å². The van der Waals surface area contributed by atoms with E-state index in [4.69, 9.17) is 16.3 Å². The molecule has 0 aliphatic rings. The van der Waals surface area contributed by atoms with Crippen LogP contribution in [0.25, 0.3) is 0 Å². The number of hydrogen-bond acceptors (Lipinski definition) is 3. The number of carbonyl (C=O) groups is 2. The average molecular weight is 341 g/mol. The van der Waals surface area contributed by atoms with E-state index in [1.165, 1.54) is 0 Å². The molecule has 0 fully saturated rings. The highest BCUT2D eigenvalue weighted by molar-refractivity contribution is 6.27. The monoisotopic (exact) mass is 340 g/mol. The van der Waals surface area contributed by atoms with Gasteiger partial charge in [0.2, 0.25) is 5.91 Å². The number of alkyl carbamates (subject to hydrolysis) is 1. The van der Waals surface area contributed by atoms with Crippen LogP contribution in [-0.2, 0) is 16.1 Å². The Bertz CT molecular complexity index is 454. The van der Waals surface area contributed by atoms with Crippen molar-refractivity contribution in [1.82, 2.24) is 10.6 Å². The summed E-state index contributed by atoms with van der Waals surface area (Å²) >= 11 is 5.38. The summed E-state index contributed by atoms with van der Waals surface area (Å²) in [6, 6.07) is 9.59. The van der Waals surface area contributed by atoms with Gasteiger partial charge in [-0.25, -0.2) is 4.79 Å². The Kier molecular flexibility index (Phi) is 10.7. The number of unbranched alkanes of at least 4 members (excludes halogenated alkanes) is 4. The molecule has 1 rings (SSSR count). The molecule has 0 saturated heterocycles. The zero-order valence-corrected chi connectivity index (χ0v) is 14.1. The minimum atomic E-state index is -0.377. The van der Waals surface area contributed by atoms with Gasteiger partial charge in [0.1, 0.15) is 12.5 Å². The summed E-state index contributed by atoms with van der Waals surface area (Å²) in [5.41, 5.74) is 0.976. The summed E-state index contributed by atoms with van der Waals surface area (Å²) in [6.45, 7) is 1.59. The highest BCUT2D eigenvalue weighted by Gasteiger charge is 2.01. The summed E-state index contributed by atoms with van der Waals surface area (Å²) in [6.07, 6.45) is 4.68. The largest absolute Gasteiger partial charge is 0.445 e. The first kappa shape index (κ1) is 19.3. The van der Waals surface area contributed by atoms with E-state index in [1.807, 2.05) is 30.3 Å². The van der Waals surface area contributed by atoms with E-state index in [2.05, 4.69) is 10.6 Å². The second-order valence-electron chi connectivity index (χ2n) is 5.24. The predicted octanol–water partition coefficient (Wildman–Crippen LogP) is 3.22. The minimum Gasteiger partial charge on any atom is -0.445 e. The van der Waals surface area contributed by atoms with Crippen molar-refractivity contribution in [2.75, 3.05) is 19.0 Å². The summed E-state index contributed by atoms with van der Waals surface area (Å²) in [4.78, 5) is 22.4. The first-order valence-electron chi connectivity index (χ1n) is 7.99. The second-order valence-corrected chi connectivity index (χ2v) is 5.51. The maximum absolute atomic E-state index is 11.5. The Morgan fingerprint density at radius 2 is 1.52 bits per heavy atom. The Morgan fingerprint density at radius 1 is 0.913 bits per heavy atom. The Labute approximate surface area is 142 Å². The van der Waals surface area contributed by atoms with Gasteiger partial charge in [0.15, 0.2) is 0 Å². The molecule has 128 valence electrons. The van der Waals surface area contributed by atoms with E-state index in [1.54, 1.807) is 0 Å². The average Bonchev–Trinajstić information content (AvgIpc) is 2.59. The number of carbonyl (C=O) groups excluding carboxylic acids is 2. The summed E-state index contributed by atoms with van der Waals surface area (Å²) in [5.74, 6) is -0.101. The first-order valence-corrected chi connectivity index (χ1v) is 8.53. The van der Waals surface area contributed by atoms with Crippen molar-refractivity contribution in [2.45, 2.75) is 38.7 Å². The number of halogens is 1. The van der Waals surface area contributed by atoms with Crippen LogP contribution >= 0.6 is 11.6 Å². The Balaban J connectivity index is 1.88. The molecule has 6 heteroatoms. The number of benzene rings is 1. The van der Waals surface area contributed by atoms with E-state index in [9.17, 15) is 9.59 Å². The van der Waals surface area contributed by atoms with Crippen molar-refractivity contribution in [3.63, 3.8) is 0 Å². The zero-order chi connectivity index (χ0) is 16.8. The lowest BCUT2D eigenvalue weighted by molar-refractivity contribution is -0.118. The third kappa shape index (κ3) is 10.6. The fraction of sp³-hybridized carbons (Fsp3) is 0.529. The molecular weight excluding hydrogens is 316 g/mol. The Hall–Kier alpha value is -1.75. The number of rotatable bonds is 11. The van der Waals surface area contributed by atoms with E-state index >= 15 is 0 Å². The summed E-state index contributed by atoms with van der Waals surface area (Å²) in [5, 5.41) is 5.48. The molecule has 0 spiro atoms. The van der Waals surface area contributed by atoms with Crippen LogP contribution in [0.1, 0.15) is 37.7 Å². The topological polar surface area (TPSA) is 67.4 Å². The van der Waals surface area contributed by atoms with Gasteiger partial charge in [0.25, 0.3) is 0 Å². The van der Waals surface area contributed by atoms with Crippen molar-refractivity contribution in [3.05, 3.63) is 35.9 Å². The van der Waals surface area contributed by atoms with Crippen LogP contribution in [0.3, 0.4) is 0 Å². The van der Waals surface area contributed by atoms with E-state index in [-0.39, 0.29) is 17.9 Å². The third-order valence-corrected chi connectivity index (χ3v) is 3.52. The van der Waals surface area contributed by atoms with Crippen LogP contribution in [-0.4, -0.2) is 31.0 Å². The number of hydrogen-bond donors (Lipinski definition) is 2. The fourth-order valence-corrected chi connectivity index (χ4v) is 2.11. The zero-order valence-electron chi connectivity index (χ0n) is 13.4. The van der Waals surface area contributed by atoms with Gasteiger partial charge in [0.05, 0.1) is 0 Å². The van der Waals surface area contributed by atoms with Crippen molar-refractivity contribution < 1.29 is 14.3 Å². The van der Waals surface area contributed by atoms with E-state index in [0.717, 1.165) is 37.7 Å². The molecule has 2 N–H and O–H groups in total. The third-order valence-electron chi connectivity index (χ3n) is 3.28. The van der Waals surface area contributed by atoms with Crippen molar-refractivity contribution >= 4 is 23.6 Å². The van der Waals surface area contributed by atoms with Crippen LogP contribution < -0.4 is 10.6 Å². The van der Waals surface area contributed by atoms with Gasteiger partial charge < -0.3 is 15.4 Å². The normalized spacial score (nSPS) is 10.1. The standard InChI is InChI=1S/C17H25ClN2O3/c18-13-16(21)19-11-7-2-1-3-8-12-20-17(22)23-14-15-9-5-4-6-10-15/h4-6,9-10H,1-3,7-8,11-14H2,(H,19,21)(H,20,22). The highest BCUT2D eigenvalue weighted by atomic mass is 35.5. The Morgan fingerprint density at radius 3 is 2.17 bits per heavy atom. The molecule has 1 aromatic rings. The van der Waals surface area contributed by atoms with Gasteiger partial charge in [-0.1, -0.05) is 49.6 Å². The van der Waals surface area contributed by atoms with Gasteiger partial charge >= 0.3 is 6.09 Å². The molecule has 0 unspecified atom stereocenters. The van der Waals surface area contributed by atoms with Crippen molar-refractivity contribution in [2.24, 2.45) is 0 Å². The maximum atomic E-state index is 11.5. The summed E-state index contributed by atoms with van der Waals surface area (Å²) in [7, 11) is 0. The minimum absolute atomic E-state index is 0.0199. The second kappa shape index (κ2) is 12.8. The van der Waals surface area contributed by atoms with Gasteiger partial charge in [-0.2, -0.15) is 0 Å². The molecule has 0 atom stereocenters. The lowest BCUT2D eigenvalue weighted by atomic mass is 10.1. The van der Waals surface area contributed by atoms with Gasteiger partial charge in [0, 0.05) is 13.1 Å². The lowest BCUT2D eigenvalue weighted by Gasteiger charge is -2.07. The fourth-order valence-electron chi connectivity index (χ4n) is 2.02. The van der Waals surface area contributed by atoms with Crippen molar-refractivity contribution in [3.8, 4) is 0 Å². The molecular formula is C17H25ClN2O3. The number of amides is 2. The molecule has 0 radical (unpaired) electrons. The highest BCUT2D eigenvalue weighted by Crippen LogP contribution is 2.03. The van der Waals surface area contributed by atoms with Gasteiger partial charge in [-0.05, 0) is 18.4 Å². The lowest BCUT2D eigenvalue weighted by Crippen LogP contribution is -2.25. The molecule has 0 aliphatic heterocycles. The molecule has 5 nitrogen and oxygen atoms in total.